The number of anilines is 2. The Morgan fingerprint density at radius 2 is 1.56 bits per heavy atom. The minimum Gasteiger partial charge on any atom is -0.507 e. The summed E-state index contributed by atoms with van der Waals surface area (Å²) in [7, 11) is 1.55. The lowest BCUT2D eigenvalue weighted by molar-refractivity contribution is -0.114. The molecule has 0 aliphatic heterocycles. The lowest BCUT2D eigenvalue weighted by Crippen LogP contribution is -2.30. The number of thioether (sulfide) groups is 1. The van der Waals surface area contributed by atoms with Crippen LogP contribution in [-0.4, -0.2) is 46.8 Å². The molecule has 0 aliphatic carbocycles. The van der Waals surface area contributed by atoms with Crippen LogP contribution in [0.5, 0.6) is 11.5 Å². The van der Waals surface area contributed by atoms with Crippen LogP contribution in [0.1, 0.15) is 26.3 Å². The zero-order chi connectivity index (χ0) is 30.8. The first-order chi connectivity index (χ1) is 20.7. The van der Waals surface area contributed by atoms with E-state index in [2.05, 4.69) is 16.0 Å². The Morgan fingerprint density at radius 3 is 2.26 bits per heavy atom. The predicted molar refractivity (Wildman–Crippen MR) is 164 cm³/mol. The molecule has 0 unspecified atom stereocenters. The van der Waals surface area contributed by atoms with Crippen molar-refractivity contribution in [1.82, 2.24) is 5.32 Å². The Balaban J connectivity index is 1.44. The summed E-state index contributed by atoms with van der Waals surface area (Å²) < 4.78 is 5.19. The van der Waals surface area contributed by atoms with Crippen molar-refractivity contribution >= 4 is 52.9 Å². The Hall–Kier alpha value is -5.55. The van der Waals surface area contributed by atoms with Gasteiger partial charge >= 0.3 is 5.97 Å². The molecule has 4 rings (SSSR count). The Kier molecular flexibility index (Phi) is 10.2. The van der Waals surface area contributed by atoms with E-state index in [1.165, 1.54) is 30.0 Å². The van der Waals surface area contributed by atoms with Gasteiger partial charge in [-0.2, -0.15) is 0 Å². The summed E-state index contributed by atoms with van der Waals surface area (Å²) in [6.07, 6.45) is 1.55. The van der Waals surface area contributed by atoms with Crippen molar-refractivity contribution in [2.75, 3.05) is 23.5 Å². The maximum Gasteiger partial charge on any atom is 0.339 e. The highest BCUT2D eigenvalue weighted by molar-refractivity contribution is 8.00. The third-order valence-electron chi connectivity index (χ3n) is 5.93. The maximum atomic E-state index is 13.3. The molecule has 0 heterocycles. The first-order valence-corrected chi connectivity index (χ1v) is 13.8. The van der Waals surface area contributed by atoms with Gasteiger partial charge in [-0.1, -0.05) is 36.4 Å². The van der Waals surface area contributed by atoms with Crippen molar-refractivity contribution in [3.05, 3.63) is 119 Å². The standard InChI is InChI=1S/C32H27N3O7S/c1-42-24-13-10-20(11-14-24)16-27(35-30(38)21-6-3-2-4-7-21)31(39)34-22-8-5-9-25(17-22)43-19-29(37)33-23-12-15-28(36)26(18-23)32(40)41/h2-18,36H,19H2,1H3,(H,33,37)(H,34,39)(H,35,38)(H,40,41)/b27-16+. The molecule has 4 aromatic carbocycles. The van der Waals surface area contributed by atoms with E-state index in [0.29, 0.717) is 27.5 Å². The van der Waals surface area contributed by atoms with E-state index in [-0.39, 0.29) is 22.7 Å². The average Bonchev–Trinajstić information content (AvgIpc) is 3.01. The molecule has 0 atom stereocenters. The van der Waals surface area contributed by atoms with E-state index >= 15 is 0 Å². The quantitative estimate of drug-likeness (QED) is 0.0894. The number of hydrogen-bond donors (Lipinski definition) is 5. The van der Waals surface area contributed by atoms with Crippen molar-refractivity contribution in [1.29, 1.82) is 0 Å². The van der Waals surface area contributed by atoms with Crippen LogP contribution in [0.3, 0.4) is 0 Å². The van der Waals surface area contributed by atoms with Crippen LogP contribution in [0.25, 0.3) is 6.08 Å². The van der Waals surface area contributed by atoms with Gasteiger partial charge in [-0.25, -0.2) is 4.79 Å². The summed E-state index contributed by atoms with van der Waals surface area (Å²) in [5.74, 6) is -2.47. The summed E-state index contributed by atoms with van der Waals surface area (Å²) in [5, 5.41) is 26.9. The molecular formula is C32H27N3O7S. The number of aromatic hydroxyl groups is 1. The maximum absolute atomic E-state index is 13.3. The van der Waals surface area contributed by atoms with Gasteiger partial charge in [0.05, 0.1) is 12.9 Å². The van der Waals surface area contributed by atoms with Crippen molar-refractivity contribution in [2.45, 2.75) is 4.90 Å². The van der Waals surface area contributed by atoms with Gasteiger partial charge < -0.3 is 30.9 Å². The van der Waals surface area contributed by atoms with Crippen molar-refractivity contribution in [3.63, 3.8) is 0 Å². The molecule has 0 bridgehead atoms. The van der Waals surface area contributed by atoms with Crippen LogP contribution in [0.4, 0.5) is 11.4 Å². The van der Waals surface area contributed by atoms with Crippen LogP contribution in [0, 0.1) is 0 Å². The first kappa shape index (κ1) is 30.4. The van der Waals surface area contributed by atoms with Crippen LogP contribution < -0.4 is 20.7 Å². The number of methoxy groups -OCH3 is 1. The molecule has 0 aliphatic rings. The van der Waals surface area contributed by atoms with Gasteiger partial charge in [0.25, 0.3) is 11.8 Å². The SMILES string of the molecule is COc1ccc(/C=C(/NC(=O)c2ccccc2)C(=O)Nc2cccc(SCC(=O)Nc3ccc(O)c(C(=O)O)c3)c2)cc1. The van der Waals surface area contributed by atoms with Gasteiger partial charge in [-0.15, -0.1) is 11.8 Å². The smallest absolute Gasteiger partial charge is 0.339 e. The third-order valence-corrected chi connectivity index (χ3v) is 6.92. The van der Waals surface area contributed by atoms with Crippen LogP contribution >= 0.6 is 11.8 Å². The minimum absolute atomic E-state index is 0.00354. The summed E-state index contributed by atoms with van der Waals surface area (Å²) in [4.78, 5) is 50.6. The van der Waals surface area contributed by atoms with Crippen LogP contribution in [0.2, 0.25) is 0 Å². The number of amides is 3. The lowest BCUT2D eigenvalue weighted by atomic mass is 10.1. The first-order valence-electron chi connectivity index (χ1n) is 12.8. The van der Waals surface area contributed by atoms with E-state index in [4.69, 9.17) is 9.84 Å². The van der Waals surface area contributed by atoms with Crippen LogP contribution in [-0.2, 0) is 9.59 Å². The van der Waals surface area contributed by atoms with Crippen molar-refractivity contribution in [3.8, 4) is 11.5 Å². The topological polar surface area (TPSA) is 154 Å². The second-order valence-electron chi connectivity index (χ2n) is 9.01. The number of ether oxygens (including phenoxy) is 1. The van der Waals surface area contributed by atoms with E-state index in [1.807, 2.05) is 0 Å². The lowest BCUT2D eigenvalue weighted by Gasteiger charge is -2.12. The molecule has 0 spiro atoms. The highest BCUT2D eigenvalue weighted by atomic mass is 32.2. The summed E-state index contributed by atoms with van der Waals surface area (Å²) >= 11 is 1.20. The number of phenols is 1. The molecule has 0 fully saturated rings. The van der Waals surface area contributed by atoms with Gasteiger partial charge in [0.1, 0.15) is 22.8 Å². The number of hydrogen-bond acceptors (Lipinski definition) is 7. The molecule has 3 amide bonds. The van der Waals surface area contributed by atoms with Gasteiger partial charge in [-0.3, -0.25) is 14.4 Å². The highest BCUT2D eigenvalue weighted by Crippen LogP contribution is 2.24. The number of carboxylic acids is 1. The predicted octanol–water partition coefficient (Wildman–Crippen LogP) is 5.24. The number of carboxylic acid groups (broad SMARTS) is 1. The molecule has 0 saturated carbocycles. The molecular weight excluding hydrogens is 570 g/mol. The highest BCUT2D eigenvalue weighted by Gasteiger charge is 2.16. The number of benzene rings is 4. The summed E-state index contributed by atoms with van der Waals surface area (Å²) in [6, 6.07) is 26.1. The molecule has 218 valence electrons. The molecule has 10 nitrogen and oxygen atoms in total. The van der Waals surface area contributed by atoms with Gasteiger partial charge in [0, 0.05) is 21.8 Å². The van der Waals surface area contributed by atoms with Crippen molar-refractivity contribution in [2.24, 2.45) is 0 Å². The average molecular weight is 598 g/mol. The fraction of sp³-hybridized carbons (Fsp3) is 0.0625. The molecule has 0 radical (unpaired) electrons. The van der Waals surface area contributed by atoms with Crippen molar-refractivity contribution < 1.29 is 34.1 Å². The normalized spacial score (nSPS) is 10.9. The number of carbonyl (C=O) groups is 4. The molecule has 43 heavy (non-hydrogen) atoms. The third kappa shape index (κ3) is 8.72. The Labute approximate surface area is 251 Å². The van der Waals surface area contributed by atoms with Gasteiger partial charge in [0.15, 0.2) is 0 Å². The number of rotatable bonds is 11. The summed E-state index contributed by atoms with van der Waals surface area (Å²) in [6.45, 7) is 0. The molecule has 0 saturated heterocycles. The fourth-order valence-corrected chi connectivity index (χ4v) is 4.56. The zero-order valence-electron chi connectivity index (χ0n) is 22.9. The fourth-order valence-electron chi connectivity index (χ4n) is 3.80. The van der Waals surface area contributed by atoms with E-state index in [0.717, 1.165) is 0 Å². The second-order valence-corrected chi connectivity index (χ2v) is 10.1. The summed E-state index contributed by atoms with van der Waals surface area (Å²) in [5.41, 5.74) is 1.42. The number of nitrogens with one attached hydrogen (secondary N) is 3. The molecule has 4 aromatic rings. The monoisotopic (exact) mass is 597 g/mol. The van der Waals surface area contributed by atoms with E-state index < -0.39 is 29.4 Å². The minimum atomic E-state index is -1.32. The zero-order valence-corrected chi connectivity index (χ0v) is 23.7. The van der Waals surface area contributed by atoms with E-state index in [1.54, 1.807) is 92.0 Å². The number of carbonyl (C=O) groups excluding carboxylic acids is 3. The Bertz CT molecular complexity index is 1670. The molecule has 0 aromatic heterocycles. The van der Waals surface area contributed by atoms with Crippen LogP contribution in [0.15, 0.2) is 108 Å². The second kappa shape index (κ2) is 14.4. The molecule has 11 heteroatoms. The van der Waals surface area contributed by atoms with Gasteiger partial charge in [-0.05, 0) is 72.3 Å². The number of aromatic carboxylic acids is 1. The Morgan fingerprint density at radius 1 is 0.837 bits per heavy atom. The van der Waals surface area contributed by atoms with Gasteiger partial charge in [0.2, 0.25) is 5.91 Å². The largest absolute Gasteiger partial charge is 0.507 e. The van der Waals surface area contributed by atoms with E-state index in [9.17, 15) is 24.3 Å². The molecule has 5 N–H and O–H groups in total.